The van der Waals surface area contributed by atoms with Crippen LogP contribution >= 0.6 is 0 Å². The number of ether oxygens (including phenoxy) is 3. The Hall–Kier alpha value is -2.29. The smallest absolute Gasteiger partial charge is 0.407 e. The number of amides is 2. The number of unbranched alkanes of at least 4 members (excludes halogenated alkanes) is 4. The summed E-state index contributed by atoms with van der Waals surface area (Å²) in [5, 5.41) is 9.22. The van der Waals surface area contributed by atoms with Crippen LogP contribution < -0.4 is 16.0 Å². The van der Waals surface area contributed by atoms with E-state index in [1.54, 1.807) is 5.57 Å². The number of hydrogen-bond acceptors (Lipinski definition) is 7. The van der Waals surface area contributed by atoms with Gasteiger partial charge in [0, 0.05) is 19.5 Å². The Bertz CT molecular complexity index is 1350. The molecule has 0 heterocycles. The minimum Gasteiger partial charge on any atom is -0.461 e. The monoisotopic (exact) mass is 814 g/mol. The summed E-state index contributed by atoms with van der Waals surface area (Å²) in [7, 11) is 0. The van der Waals surface area contributed by atoms with Gasteiger partial charge in [0.1, 0.15) is 23.3 Å². The first-order chi connectivity index (χ1) is 27.2. The van der Waals surface area contributed by atoms with Crippen LogP contribution in [0.4, 0.5) is 9.59 Å². The minimum absolute atomic E-state index is 0.0737. The highest BCUT2D eigenvalue weighted by Gasteiger charge is 2.59. The van der Waals surface area contributed by atoms with E-state index in [2.05, 4.69) is 56.6 Å². The molecule has 0 aliphatic heterocycles. The number of alkyl carbamates (subject to hydrolysis) is 2. The van der Waals surface area contributed by atoms with E-state index >= 15 is 0 Å². The maximum atomic E-state index is 13.9. The van der Waals surface area contributed by atoms with Crippen LogP contribution in [0.3, 0.4) is 0 Å². The van der Waals surface area contributed by atoms with Crippen LogP contribution in [0.2, 0.25) is 0 Å². The molecule has 9 unspecified atom stereocenters. The van der Waals surface area contributed by atoms with Gasteiger partial charge in [0.25, 0.3) is 0 Å². The van der Waals surface area contributed by atoms with Gasteiger partial charge in [-0.25, -0.2) is 9.59 Å². The molecule has 4 aliphatic carbocycles. The maximum absolute atomic E-state index is 13.9. The first-order valence-corrected chi connectivity index (χ1v) is 23.8. The number of esters is 1. The number of rotatable bonds is 20. The van der Waals surface area contributed by atoms with Gasteiger partial charge in [0.15, 0.2) is 0 Å². The normalized spacial score (nSPS) is 29.3. The molecule has 58 heavy (non-hydrogen) atoms. The number of carbonyl (C=O) groups is 3. The summed E-state index contributed by atoms with van der Waals surface area (Å²) in [6, 6.07) is -0.382. The Morgan fingerprint density at radius 2 is 1.34 bits per heavy atom. The molecule has 4 aliphatic rings. The second-order valence-electron chi connectivity index (χ2n) is 21.9. The second kappa shape index (κ2) is 21.5. The second-order valence-corrected chi connectivity index (χ2v) is 21.9. The van der Waals surface area contributed by atoms with Crippen molar-refractivity contribution in [2.75, 3.05) is 19.6 Å². The summed E-state index contributed by atoms with van der Waals surface area (Å²) < 4.78 is 17.1. The molecular formula is C49H87N3O6. The van der Waals surface area contributed by atoms with Crippen LogP contribution in [0.25, 0.3) is 0 Å². The molecule has 2 amide bonds. The first-order valence-electron chi connectivity index (χ1n) is 23.8. The number of allylic oxidation sites excluding steroid dienone is 1. The Labute approximate surface area is 354 Å². The lowest BCUT2D eigenvalue weighted by atomic mass is 9.47. The van der Waals surface area contributed by atoms with Gasteiger partial charge in [-0.05, 0) is 171 Å². The van der Waals surface area contributed by atoms with Crippen molar-refractivity contribution in [2.24, 2.45) is 46.3 Å². The SMILES string of the molecule is CC(C)CCCC(C)C1CCC2C3CC=C4CC(OC(=O)C(CCCCNC(=O)OC(C)(C)C)NCCCCCCNC(=O)OC(C)(C)C)CCC4(C)C3CCC12C. The van der Waals surface area contributed by atoms with Gasteiger partial charge in [0.05, 0.1) is 0 Å². The maximum Gasteiger partial charge on any atom is 0.407 e. The third kappa shape index (κ3) is 14.1. The largest absolute Gasteiger partial charge is 0.461 e. The summed E-state index contributed by atoms with van der Waals surface area (Å²) >= 11 is 0. The molecule has 0 aromatic rings. The fourth-order valence-corrected chi connectivity index (χ4v) is 11.7. The summed E-state index contributed by atoms with van der Waals surface area (Å²) in [6.07, 6.45) is 21.5. The number of nitrogens with one attached hydrogen (secondary N) is 3. The molecule has 3 fully saturated rings. The quantitative estimate of drug-likeness (QED) is 0.0485. The molecule has 0 bridgehead atoms. The average molecular weight is 814 g/mol. The highest BCUT2D eigenvalue weighted by atomic mass is 16.6. The van der Waals surface area contributed by atoms with E-state index in [4.69, 9.17) is 14.2 Å². The minimum atomic E-state index is -0.536. The Kier molecular flexibility index (Phi) is 17.9. The highest BCUT2D eigenvalue weighted by molar-refractivity contribution is 5.76. The molecular weight excluding hydrogens is 727 g/mol. The predicted octanol–water partition coefficient (Wildman–Crippen LogP) is 11.7. The van der Waals surface area contributed by atoms with Crippen LogP contribution in [0.1, 0.15) is 192 Å². The number of carbonyl (C=O) groups excluding carboxylic acids is 3. The first kappa shape index (κ1) is 48.4. The fourth-order valence-electron chi connectivity index (χ4n) is 11.7. The van der Waals surface area contributed by atoms with Crippen LogP contribution in [0, 0.1) is 46.3 Å². The zero-order valence-electron chi connectivity index (χ0n) is 39.0. The zero-order valence-corrected chi connectivity index (χ0v) is 39.0. The van der Waals surface area contributed by atoms with Gasteiger partial charge in [-0.15, -0.1) is 0 Å². The van der Waals surface area contributed by atoms with Crippen LogP contribution in [0.15, 0.2) is 11.6 Å². The van der Waals surface area contributed by atoms with Crippen molar-refractivity contribution in [2.45, 2.75) is 215 Å². The van der Waals surface area contributed by atoms with Gasteiger partial charge < -0.3 is 30.2 Å². The lowest BCUT2D eigenvalue weighted by Gasteiger charge is -2.58. The molecule has 334 valence electrons. The predicted molar refractivity (Wildman–Crippen MR) is 236 cm³/mol. The molecule has 0 saturated heterocycles. The van der Waals surface area contributed by atoms with E-state index in [9.17, 15) is 14.4 Å². The summed E-state index contributed by atoms with van der Waals surface area (Å²) in [4.78, 5) is 37.9. The highest BCUT2D eigenvalue weighted by Crippen LogP contribution is 2.67. The zero-order chi connectivity index (χ0) is 42.7. The lowest BCUT2D eigenvalue weighted by molar-refractivity contribution is -0.154. The lowest BCUT2D eigenvalue weighted by Crippen LogP contribution is -2.51. The van der Waals surface area contributed by atoms with Gasteiger partial charge in [-0.1, -0.05) is 78.4 Å². The molecule has 3 N–H and O–H groups in total. The van der Waals surface area contributed by atoms with E-state index in [1.807, 2.05) is 41.5 Å². The Morgan fingerprint density at radius 3 is 1.97 bits per heavy atom. The molecule has 0 aromatic heterocycles. The number of hydrogen-bond donors (Lipinski definition) is 3. The van der Waals surface area contributed by atoms with E-state index in [-0.39, 0.29) is 29.6 Å². The Morgan fingerprint density at radius 1 is 0.724 bits per heavy atom. The topological polar surface area (TPSA) is 115 Å². The van der Waals surface area contributed by atoms with Gasteiger partial charge >= 0.3 is 18.2 Å². The third-order valence-electron chi connectivity index (χ3n) is 14.6. The van der Waals surface area contributed by atoms with Crippen molar-refractivity contribution in [1.82, 2.24) is 16.0 Å². The van der Waals surface area contributed by atoms with Crippen LogP contribution in [0.5, 0.6) is 0 Å². The van der Waals surface area contributed by atoms with Crippen LogP contribution in [-0.2, 0) is 19.0 Å². The summed E-state index contributed by atoms with van der Waals surface area (Å²) in [6.45, 7) is 25.5. The van der Waals surface area contributed by atoms with E-state index < -0.39 is 17.3 Å². The number of fused-ring (bicyclic) bond motifs is 5. The van der Waals surface area contributed by atoms with Crippen LogP contribution in [-0.4, -0.2) is 61.1 Å². The van der Waals surface area contributed by atoms with Crippen molar-refractivity contribution >= 4 is 18.2 Å². The van der Waals surface area contributed by atoms with Crippen molar-refractivity contribution < 1.29 is 28.6 Å². The summed E-state index contributed by atoms with van der Waals surface area (Å²) in [5.41, 5.74) is 1.22. The van der Waals surface area contributed by atoms with Crippen molar-refractivity contribution in [3.05, 3.63) is 11.6 Å². The molecule has 4 rings (SSSR count). The fraction of sp³-hybridized carbons (Fsp3) is 0.898. The van der Waals surface area contributed by atoms with Crippen molar-refractivity contribution in [3.8, 4) is 0 Å². The molecule has 0 spiro atoms. The standard InChI is InChI=1S/C49H87N3O6/c1-34(2)19-18-20-35(3)39-24-25-40-38-23-22-36-33-37(26-28-48(36,10)41(38)27-29-49(39,40)11)56-43(53)42(21-14-17-32-52-45(55)58-47(7,8)9)50-30-15-12-13-16-31-51-44(54)57-46(4,5)6/h22,34-35,37-42,50H,12-21,23-33H2,1-11H3,(H,51,54)(H,52,55). The Balaban J connectivity index is 1.28. The van der Waals surface area contributed by atoms with Gasteiger partial charge in [-0.2, -0.15) is 0 Å². The summed E-state index contributed by atoms with van der Waals surface area (Å²) in [5.74, 6) is 4.73. The average Bonchev–Trinajstić information content (AvgIpc) is 3.47. The van der Waals surface area contributed by atoms with Crippen molar-refractivity contribution in [1.29, 1.82) is 0 Å². The molecule has 0 radical (unpaired) electrons. The van der Waals surface area contributed by atoms with E-state index in [0.717, 1.165) is 99.8 Å². The van der Waals surface area contributed by atoms with E-state index in [0.29, 0.717) is 24.9 Å². The van der Waals surface area contributed by atoms with E-state index in [1.165, 1.54) is 51.4 Å². The third-order valence-corrected chi connectivity index (χ3v) is 14.6. The molecule has 3 saturated carbocycles. The van der Waals surface area contributed by atoms with Gasteiger partial charge in [0.2, 0.25) is 0 Å². The molecule has 9 heteroatoms. The molecule has 9 atom stereocenters. The molecule has 0 aromatic carbocycles. The van der Waals surface area contributed by atoms with Gasteiger partial charge in [-0.3, -0.25) is 4.79 Å². The van der Waals surface area contributed by atoms with Crippen molar-refractivity contribution in [3.63, 3.8) is 0 Å². The molecule has 9 nitrogen and oxygen atoms in total.